The molecule has 0 saturated carbocycles. The molecule has 2 aromatic carbocycles. The zero-order valence-electron chi connectivity index (χ0n) is 17.5. The van der Waals surface area contributed by atoms with Crippen molar-refractivity contribution in [1.29, 1.82) is 0 Å². The van der Waals surface area contributed by atoms with Gasteiger partial charge >= 0.3 is 0 Å². The fourth-order valence-electron chi connectivity index (χ4n) is 3.34. The maximum absolute atomic E-state index is 13.5. The Morgan fingerprint density at radius 3 is 2.50 bits per heavy atom. The van der Waals surface area contributed by atoms with Crippen molar-refractivity contribution in [2.24, 2.45) is 0 Å². The van der Waals surface area contributed by atoms with Crippen LogP contribution in [-0.2, 0) is 20.1 Å². The second-order valence-electron chi connectivity index (χ2n) is 6.98. The lowest BCUT2D eigenvalue weighted by Gasteiger charge is -2.16. The van der Waals surface area contributed by atoms with Gasteiger partial charge in [-0.25, -0.2) is 4.90 Å². The van der Waals surface area contributed by atoms with Gasteiger partial charge in [-0.05, 0) is 42.0 Å². The van der Waals surface area contributed by atoms with Gasteiger partial charge in [0.2, 0.25) is 5.91 Å². The quantitative estimate of drug-likeness (QED) is 0.537. The summed E-state index contributed by atoms with van der Waals surface area (Å²) in [6.45, 7) is 1.42. The first-order valence-electron chi connectivity index (χ1n) is 9.78. The summed E-state index contributed by atoms with van der Waals surface area (Å²) < 4.78 is 10.6. The van der Waals surface area contributed by atoms with Crippen LogP contribution < -0.4 is 15.0 Å². The second kappa shape index (κ2) is 9.15. The normalized spacial score (nSPS) is 13.6. The fourth-order valence-corrected chi connectivity index (χ4v) is 4.36. The molecule has 1 aliphatic rings. The van der Waals surface area contributed by atoms with E-state index in [1.165, 1.54) is 25.8 Å². The molecule has 0 bridgehead atoms. The van der Waals surface area contributed by atoms with Crippen molar-refractivity contribution >= 4 is 46.4 Å². The third-order valence-electron chi connectivity index (χ3n) is 4.79. The van der Waals surface area contributed by atoms with Gasteiger partial charge in [-0.2, -0.15) is 0 Å². The summed E-state index contributed by atoms with van der Waals surface area (Å²) in [4.78, 5) is 39.6. The first-order chi connectivity index (χ1) is 15.5. The number of thioether (sulfide) groups is 1. The molecule has 1 aliphatic heterocycles. The van der Waals surface area contributed by atoms with Gasteiger partial charge in [0.25, 0.3) is 11.8 Å². The summed E-state index contributed by atoms with van der Waals surface area (Å²) in [5.74, 6) is 0.631. The Morgan fingerprint density at radius 2 is 1.84 bits per heavy atom. The van der Waals surface area contributed by atoms with Crippen molar-refractivity contribution in [3.05, 3.63) is 83.2 Å². The zero-order chi connectivity index (χ0) is 22.7. The maximum atomic E-state index is 13.5. The molecule has 7 nitrogen and oxygen atoms in total. The largest absolute Gasteiger partial charge is 0.497 e. The molecule has 4 rings (SSSR count). The molecule has 3 amide bonds. The minimum Gasteiger partial charge on any atom is -0.497 e. The number of ether oxygens (including phenoxy) is 1. The van der Waals surface area contributed by atoms with Crippen LogP contribution in [0.15, 0.2) is 76.2 Å². The molecule has 0 spiro atoms. The average molecular weight is 449 g/mol. The van der Waals surface area contributed by atoms with Crippen LogP contribution in [0.3, 0.4) is 0 Å². The minimum atomic E-state index is -0.419. The molecule has 0 saturated heterocycles. The topological polar surface area (TPSA) is 88.8 Å². The fraction of sp³-hybridized carbons (Fsp3) is 0.125. The number of nitrogens with one attached hydrogen (secondary N) is 1. The molecule has 0 unspecified atom stereocenters. The van der Waals surface area contributed by atoms with E-state index in [2.05, 4.69) is 5.32 Å². The zero-order valence-corrected chi connectivity index (χ0v) is 18.3. The van der Waals surface area contributed by atoms with Crippen LogP contribution in [-0.4, -0.2) is 24.8 Å². The molecule has 8 heteroatoms. The van der Waals surface area contributed by atoms with Gasteiger partial charge in [0.15, 0.2) is 0 Å². The first-order valence-corrected chi connectivity index (χ1v) is 10.8. The van der Waals surface area contributed by atoms with Crippen LogP contribution in [0.1, 0.15) is 18.2 Å². The summed E-state index contributed by atoms with van der Waals surface area (Å²) in [5, 5.41) is 2.70. The molecule has 162 valence electrons. The highest BCUT2D eigenvalue weighted by Gasteiger charge is 2.40. The third-order valence-corrected chi connectivity index (χ3v) is 5.88. The van der Waals surface area contributed by atoms with Crippen molar-refractivity contribution in [3.63, 3.8) is 0 Å². The van der Waals surface area contributed by atoms with Crippen LogP contribution in [0.5, 0.6) is 5.75 Å². The smallest absolute Gasteiger partial charge is 0.272 e. The predicted octanol–water partition coefficient (Wildman–Crippen LogP) is 4.46. The van der Waals surface area contributed by atoms with Crippen LogP contribution in [0.4, 0.5) is 11.4 Å². The number of methoxy groups -OCH3 is 1. The summed E-state index contributed by atoms with van der Waals surface area (Å²) >= 11 is 1.25. The summed E-state index contributed by atoms with van der Waals surface area (Å²) in [6.07, 6.45) is 1.57. The lowest BCUT2D eigenvalue weighted by molar-refractivity contribution is -0.120. The standard InChI is InChI=1S/C24H20N2O5S/c1-15(27)25-17-10-8-16(9-11-17)21-22(32-14-20-7-4-12-31-20)24(29)26(23(21)28)18-5-3-6-19(13-18)30-2/h3-13H,14H2,1-2H3,(H,25,27). The Labute approximate surface area is 189 Å². The van der Waals surface area contributed by atoms with E-state index in [0.29, 0.717) is 44.7 Å². The van der Waals surface area contributed by atoms with Crippen molar-refractivity contribution in [1.82, 2.24) is 0 Å². The van der Waals surface area contributed by atoms with Crippen molar-refractivity contribution < 1.29 is 23.5 Å². The molecular weight excluding hydrogens is 428 g/mol. The highest BCUT2D eigenvalue weighted by molar-refractivity contribution is 8.03. The number of anilines is 2. The number of hydrogen-bond acceptors (Lipinski definition) is 6. The first kappa shape index (κ1) is 21.5. The number of imide groups is 1. The molecule has 2 heterocycles. The molecular formula is C24H20N2O5S. The van der Waals surface area contributed by atoms with E-state index in [1.54, 1.807) is 60.9 Å². The Morgan fingerprint density at radius 1 is 1.06 bits per heavy atom. The van der Waals surface area contributed by atoms with Crippen LogP contribution in [0.25, 0.3) is 5.57 Å². The molecule has 1 N–H and O–H groups in total. The van der Waals surface area contributed by atoms with Crippen molar-refractivity contribution in [2.75, 3.05) is 17.3 Å². The summed E-state index contributed by atoms with van der Waals surface area (Å²) in [7, 11) is 1.53. The van der Waals surface area contributed by atoms with Crippen LogP contribution >= 0.6 is 11.8 Å². The molecule has 1 aromatic heterocycles. The Balaban J connectivity index is 1.72. The molecule has 32 heavy (non-hydrogen) atoms. The van der Waals surface area contributed by atoms with E-state index in [0.717, 1.165) is 4.90 Å². The molecule has 0 aliphatic carbocycles. The Hall–Kier alpha value is -3.78. The van der Waals surface area contributed by atoms with Gasteiger partial charge in [-0.1, -0.05) is 18.2 Å². The van der Waals surface area contributed by atoms with E-state index >= 15 is 0 Å². The number of carbonyl (C=O) groups is 3. The van der Waals surface area contributed by atoms with E-state index in [1.807, 2.05) is 6.07 Å². The number of amides is 3. The number of rotatable bonds is 7. The Bertz CT molecular complexity index is 1200. The molecule has 0 fully saturated rings. The molecule has 3 aromatic rings. The van der Waals surface area contributed by atoms with Crippen molar-refractivity contribution in [3.8, 4) is 5.75 Å². The monoisotopic (exact) mass is 448 g/mol. The lowest BCUT2D eigenvalue weighted by Crippen LogP contribution is -2.31. The average Bonchev–Trinajstić information content (AvgIpc) is 3.38. The van der Waals surface area contributed by atoms with Crippen LogP contribution in [0.2, 0.25) is 0 Å². The number of benzene rings is 2. The van der Waals surface area contributed by atoms with Crippen LogP contribution in [0, 0.1) is 0 Å². The Kier molecular flexibility index (Phi) is 6.13. The number of furan rings is 1. The minimum absolute atomic E-state index is 0.192. The van der Waals surface area contributed by atoms with E-state index in [-0.39, 0.29) is 5.91 Å². The molecule has 0 atom stereocenters. The SMILES string of the molecule is COc1cccc(N2C(=O)C(SCc3ccco3)=C(c3ccc(NC(C)=O)cc3)C2=O)c1. The van der Waals surface area contributed by atoms with Gasteiger partial charge < -0.3 is 14.5 Å². The van der Waals surface area contributed by atoms with Gasteiger partial charge in [-0.3, -0.25) is 14.4 Å². The van der Waals surface area contributed by atoms with E-state index in [4.69, 9.17) is 9.15 Å². The second-order valence-corrected chi connectivity index (χ2v) is 7.96. The number of nitrogens with zero attached hydrogens (tertiary/aromatic N) is 1. The van der Waals surface area contributed by atoms with Crippen molar-refractivity contribution in [2.45, 2.75) is 12.7 Å². The summed E-state index contributed by atoms with van der Waals surface area (Å²) in [5.41, 5.74) is 1.93. The number of carbonyl (C=O) groups excluding carboxylic acids is 3. The highest BCUT2D eigenvalue weighted by Crippen LogP contribution is 2.40. The van der Waals surface area contributed by atoms with Gasteiger partial charge in [-0.15, -0.1) is 11.8 Å². The van der Waals surface area contributed by atoms with Gasteiger partial charge in [0, 0.05) is 18.7 Å². The predicted molar refractivity (Wildman–Crippen MR) is 123 cm³/mol. The highest BCUT2D eigenvalue weighted by atomic mass is 32.2. The lowest BCUT2D eigenvalue weighted by atomic mass is 10.1. The molecule has 0 radical (unpaired) electrons. The summed E-state index contributed by atoms with van der Waals surface area (Å²) in [6, 6.07) is 17.2. The van der Waals surface area contributed by atoms with E-state index < -0.39 is 11.8 Å². The van der Waals surface area contributed by atoms with Gasteiger partial charge in [0.05, 0.1) is 35.3 Å². The third kappa shape index (κ3) is 4.31. The number of hydrogen-bond donors (Lipinski definition) is 1. The maximum Gasteiger partial charge on any atom is 0.272 e. The van der Waals surface area contributed by atoms with Gasteiger partial charge in [0.1, 0.15) is 11.5 Å². The van der Waals surface area contributed by atoms with E-state index in [9.17, 15) is 14.4 Å².